The Balaban J connectivity index is 1.62. The van der Waals surface area contributed by atoms with Gasteiger partial charge in [-0.2, -0.15) is 0 Å². The second kappa shape index (κ2) is 8.04. The van der Waals surface area contributed by atoms with Gasteiger partial charge in [0.25, 0.3) is 5.91 Å². The maximum Gasteiger partial charge on any atom is 0.254 e. The van der Waals surface area contributed by atoms with Crippen LogP contribution in [0.4, 0.5) is 15.9 Å². The minimum absolute atomic E-state index is 0.185. The summed E-state index contributed by atoms with van der Waals surface area (Å²) in [6.45, 7) is 3.43. The van der Waals surface area contributed by atoms with E-state index in [1.54, 1.807) is 16.8 Å². The lowest BCUT2D eigenvalue weighted by atomic mass is 10.1. The van der Waals surface area contributed by atoms with E-state index >= 15 is 0 Å². The number of benzene rings is 2. The lowest BCUT2D eigenvalue weighted by molar-refractivity contribution is -0.124. The number of aromatic nitrogens is 2. The van der Waals surface area contributed by atoms with Crippen molar-refractivity contribution in [1.29, 1.82) is 0 Å². The molecule has 2 aromatic carbocycles. The normalized spacial score (nSPS) is 19.4. The van der Waals surface area contributed by atoms with Crippen molar-refractivity contribution in [2.24, 2.45) is 0 Å². The number of nitrogens with zero attached hydrogens (tertiary/aromatic N) is 3. The van der Waals surface area contributed by atoms with Gasteiger partial charge >= 0.3 is 0 Å². The number of amides is 1. The number of halogens is 1. The van der Waals surface area contributed by atoms with Gasteiger partial charge in [0.05, 0.1) is 35.5 Å². The zero-order valence-corrected chi connectivity index (χ0v) is 16.5. The van der Waals surface area contributed by atoms with E-state index in [0.29, 0.717) is 32.1 Å². The van der Waals surface area contributed by atoms with E-state index in [1.165, 1.54) is 12.1 Å². The van der Waals surface area contributed by atoms with Gasteiger partial charge in [-0.1, -0.05) is 6.07 Å². The molecule has 0 aliphatic carbocycles. The molecule has 0 unspecified atom stereocenters. The summed E-state index contributed by atoms with van der Waals surface area (Å²) in [5, 5.41) is 8.54. The van der Waals surface area contributed by atoms with E-state index in [1.807, 2.05) is 18.2 Å². The monoisotopic (exact) mass is 410 g/mol. The number of nitrogens with one attached hydrogen (secondary N) is 1. The predicted molar refractivity (Wildman–Crippen MR) is 112 cm³/mol. The van der Waals surface area contributed by atoms with Gasteiger partial charge in [0, 0.05) is 19.7 Å². The average Bonchev–Trinajstić information content (AvgIpc) is 3.44. The zero-order valence-electron chi connectivity index (χ0n) is 16.5. The van der Waals surface area contributed by atoms with E-state index in [2.05, 4.69) is 10.2 Å². The third-order valence-corrected chi connectivity index (χ3v) is 5.57. The molecule has 0 saturated carbocycles. The number of hydrogen-bond acceptors (Lipinski definition) is 5. The smallest absolute Gasteiger partial charge is 0.254 e. The molecule has 0 spiro atoms. The van der Waals surface area contributed by atoms with Crippen molar-refractivity contribution in [3.63, 3.8) is 0 Å². The van der Waals surface area contributed by atoms with Crippen molar-refractivity contribution in [3.05, 3.63) is 48.3 Å². The molecule has 1 amide bonds. The van der Waals surface area contributed by atoms with Crippen LogP contribution in [0.25, 0.3) is 16.6 Å². The first kappa shape index (κ1) is 19.0. The van der Waals surface area contributed by atoms with Gasteiger partial charge in [0.1, 0.15) is 11.9 Å². The molecule has 1 N–H and O–H groups in total. The fourth-order valence-electron chi connectivity index (χ4n) is 4.07. The van der Waals surface area contributed by atoms with Crippen LogP contribution in [-0.4, -0.2) is 54.7 Å². The van der Waals surface area contributed by atoms with Crippen LogP contribution in [0.5, 0.6) is 0 Å². The highest BCUT2D eigenvalue weighted by Crippen LogP contribution is 2.35. The third-order valence-electron chi connectivity index (χ3n) is 5.57. The summed E-state index contributed by atoms with van der Waals surface area (Å²) in [5.41, 5.74) is 2.55. The number of carbonyl (C=O) groups is 1. The maximum absolute atomic E-state index is 13.5. The molecule has 3 aromatic rings. The zero-order chi connectivity index (χ0) is 20.5. The van der Waals surface area contributed by atoms with E-state index < -0.39 is 6.10 Å². The number of ether oxygens (including phenoxy) is 2. The first-order chi connectivity index (χ1) is 14.7. The lowest BCUT2D eigenvalue weighted by Crippen LogP contribution is -2.36. The van der Waals surface area contributed by atoms with Crippen LogP contribution in [0, 0.1) is 5.82 Å². The van der Waals surface area contributed by atoms with Crippen molar-refractivity contribution in [3.8, 4) is 5.69 Å². The molecule has 8 heteroatoms. The van der Waals surface area contributed by atoms with Gasteiger partial charge in [0.15, 0.2) is 5.82 Å². The number of hydrogen-bond donors (Lipinski definition) is 1. The minimum atomic E-state index is -0.452. The highest BCUT2D eigenvalue weighted by atomic mass is 19.1. The van der Waals surface area contributed by atoms with E-state index in [0.717, 1.165) is 41.8 Å². The summed E-state index contributed by atoms with van der Waals surface area (Å²) in [4.78, 5) is 15.0. The summed E-state index contributed by atoms with van der Waals surface area (Å²) in [7, 11) is 0. The van der Waals surface area contributed by atoms with Crippen molar-refractivity contribution >= 4 is 28.3 Å². The Bertz CT molecular complexity index is 1050. The summed E-state index contributed by atoms with van der Waals surface area (Å²) in [6.07, 6.45) is 1.13. The number of anilines is 2. The molecule has 3 heterocycles. The number of carbonyl (C=O) groups excluding carboxylic acids is 1. The van der Waals surface area contributed by atoms with E-state index in [4.69, 9.17) is 14.6 Å². The SMILES string of the molecule is O=C(Nc1nn(-c2ccc(F)cc2)c2cccc(N3CCOCC3)c12)[C@H]1CCCO1. The Morgan fingerprint density at radius 3 is 2.63 bits per heavy atom. The number of morpholine rings is 1. The van der Waals surface area contributed by atoms with Crippen LogP contribution in [0.15, 0.2) is 42.5 Å². The molecule has 1 atom stereocenters. The van der Waals surface area contributed by atoms with Crippen LogP contribution >= 0.6 is 0 Å². The largest absolute Gasteiger partial charge is 0.378 e. The molecular formula is C22H23FN4O3. The molecule has 5 rings (SSSR count). The van der Waals surface area contributed by atoms with Crippen LogP contribution in [0.3, 0.4) is 0 Å². The number of rotatable bonds is 4. The molecule has 0 radical (unpaired) electrons. The molecule has 1 aromatic heterocycles. The highest BCUT2D eigenvalue weighted by Gasteiger charge is 2.27. The van der Waals surface area contributed by atoms with E-state index in [9.17, 15) is 9.18 Å². The van der Waals surface area contributed by atoms with Crippen LogP contribution in [0.1, 0.15) is 12.8 Å². The quantitative estimate of drug-likeness (QED) is 0.716. The maximum atomic E-state index is 13.5. The minimum Gasteiger partial charge on any atom is -0.378 e. The molecular weight excluding hydrogens is 387 g/mol. The Morgan fingerprint density at radius 1 is 1.10 bits per heavy atom. The summed E-state index contributed by atoms with van der Waals surface area (Å²) >= 11 is 0. The molecule has 156 valence electrons. The molecule has 30 heavy (non-hydrogen) atoms. The first-order valence-corrected chi connectivity index (χ1v) is 10.2. The summed E-state index contributed by atoms with van der Waals surface area (Å²) in [6, 6.07) is 12.1. The Kier molecular flexibility index (Phi) is 5.10. The van der Waals surface area contributed by atoms with Crippen molar-refractivity contribution in [1.82, 2.24) is 9.78 Å². The molecule has 0 bridgehead atoms. The highest BCUT2D eigenvalue weighted by molar-refractivity contribution is 6.07. The third kappa shape index (κ3) is 3.53. The van der Waals surface area contributed by atoms with Gasteiger partial charge in [-0.25, -0.2) is 9.07 Å². The van der Waals surface area contributed by atoms with Crippen LogP contribution in [-0.2, 0) is 14.3 Å². The van der Waals surface area contributed by atoms with Crippen molar-refractivity contribution < 1.29 is 18.7 Å². The molecule has 2 fully saturated rings. The summed E-state index contributed by atoms with van der Waals surface area (Å²) in [5.74, 6) is -0.0111. The summed E-state index contributed by atoms with van der Waals surface area (Å²) < 4.78 is 26.2. The fraction of sp³-hybridized carbons (Fsp3) is 0.364. The average molecular weight is 410 g/mol. The molecule has 2 aliphatic heterocycles. The first-order valence-electron chi connectivity index (χ1n) is 10.2. The van der Waals surface area contributed by atoms with Gasteiger partial charge in [-0.3, -0.25) is 4.79 Å². The van der Waals surface area contributed by atoms with Gasteiger partial charge in [-0.15, -0.1) is 5.10 Å². The standard InChI is InChI=1S/C22H23FN4O3/c23-15-6-8-16(9-7-15)27-18-4-1-3-17(26-10-13-29-14-11-26)20(18)21(25-27)24-22(28)19-5-2-12-30-19/h1,3-4,6-9,19H,2,5,10-14H2,(H,24,25,28)/t19-/m1/s1. The van der Waals surface area contributed by atoms with Crippen LogP contribution in [0.2, 0.25) is 0 Å². The van der Waals surface area contributed by atoms with Crippen molar-refractivity contribution in [2.45, 2.75) is 18.9 Å². The number of fused-ring (bicyclic) bond motifs is 1. The molecule has 7 nitrogen and oxygen atoms in total. The topological polar surface area (TPSA) is 68.6 Å². The van der Waals surface area contributed by atoms with E-state index in [-0.39, 0.29) is 11.7 Å². The lowest BCUT2D eigenvalue weighted by Gasteiger charge is -2.29. The van der Waals surface area contributed by atoms with Crippen molar-refractivity contribution in [2.75, 3.05) is 43.1 Å². The predicted octanol–water partition coefficient (Wildman–Crippen LogP) is 3.12. The molecule has 2 saturated heterocycles. The molecule has 2 aliphatic rings. The van der Waals surface area contributed by atoms with Crippen LogP contribution < -0.4 is 10.2 Å². The second-order valence-corrected chi connectivity index (χ2v) is 7.50. The Labute approximate surface area is 173 Å². The Morgan fingerprint density at radius 2 is 1.90 bits per heavy atom. The second-order valence-electron chi connectivity index (χ2n) is 7.50. The Hall–Kier alpha value is -2.97. The van der Waals surface area contributed by atoms with Gasteiger partial charge in [-0.05, 0) is 49.2 Å². The van der Waals surface area contributed by atoms with Gasteiger partial charge < -0.3 is 19.7 Å². The van der Waals surface area contributed by atoms with Gasteiger partial charge in [0.2, 0.25) is 0 Å². The fourth-order valence-corrected chi connectivity index (χ4v) is 4.07.